The first-order valence-electron chi connectivity index (χ1n) is 6.28. The Morgan fingerprint density at radius 1 is 1.39 bits per heavy atom. The van der Waals surface area contributed by atoms with Gasteiger partial charge in [-0.1, -0.05) is 0 Å². The number of tetrazole rings is 1. The second-order valence-electron chi connectivity index (χ2n) is 4.35. The molecule has 0 atom stereocenters. The molecule has 3 heterocycles. The topological polar surface area (TPSA) is 68.4 Å². The minimum Gasteiger partial charge on any atom is -0.381 e. The second kappa shape index (κ2) is 4.85. The SMILES string of the molecule is CCN(c1ccc2nnnn2n1)C1CCOCC1. The van der Waals surface area contributed by atoms with Gasteiger partial charge in [-0.15, -0.1) is 14.8 Å². The average Bonchev–Trinajstić information content (AvgIpc) is 2.88. The number of hydrogen-bond acceptors (Lipinski definition) is 6. The summed E-state index contributed by atoms with van der Waals surface area (Å²) in [6.45, 7) is 4.72. The van der Waals surface area contributed by atoms with E-state index in [1.165, 1.54) is 4.63 Å². The molecule has 2 aromatic heterocycles. The van der Waals surface area contributed by atoms with Crippen molar-refractivity contribution in [1.82, 2.24) is 25.3 Å². The fourth-order valence-corrected chi connectivity index (χ4v) is 2.40. The van der Waals surface area contributed by atoms with E-state index in [0.717, 1.165) is 38.4 Å². The molecule has 1 fully saturated rings. The molecule has 96 valence electrons. The summed E-state index contributed by atoms with van der Waals surface area (Å²) >= 11 is 0. The molecule has 7 heteroatoms. The van der Waals surface area contributed by atoms with Gasteiger partial charge in [0.05, 0.1) is 0 Å². The molecule has 7 nitrogen and oxygen atoms in total. The van der Waals surface area contributed by atoms with Crippen LogP contribution in [0.5, 0.6) is 0 Å². The van der Waals surface area contributed by atoms with Crippen molar-refractivity contribution >= 4 is 11.5 Å². The minimum atomic E-state index is 0.491. The Labute approximate surface area is 105 Å². The van der Waals surface area contributed by atoms with Crippen LogP contribution in [0.3, 0.4) is 0 Å². The molecule has 1 saturated heterocycles. The second-order valence-corrected chi connectivity index (χ2v) is 4.35. The van der Waals surface area contributed by atoms with Crippen molar-refractivity contribution < 1.29 is 4.74 Å². The van der Waals surface area contributed by atoms with Gasteiger partial charge in [-0.2, -0.15) is 0 Å². The molecule has 0 amide bonds. The van der Waals surface area contributed by atoms with Gasteiger partial charge in [-0.3, -0.25) is 0 Å². The molecule has 0 bridgehead atoms. The van der Waals surface area contributed by atoms with Crippen LogP contribution < -0.4 is 4.90 Å². The summed E-state index contributed by atoms with van der Waals surface area (Å²) in [7, 11) is 0. The van der Waals surface area contributed by atoms with Crippen LogP contribution in [0.4, 0.5) is 5.82 Å². The number of fused-ring (bicyclic) bond motifs is 1. The molecule has 0 aromatic carbocycles. The number of nitrogens with zero attached hydrogens (tertiary/aromatic N) is 6. The van der Waals surface area contributed by atoms with E-state index in [2.05, 4.69) is 32.4 Å². The lowest BCUT2D eigenvalue weighted by molar-refractivity contribution is 0.0844. The lowest BCUT2D eigenvalue weighted by atomic mass is 10.1. The van der Waals surface area contributed by atoms with Gasteiger partial charge in [-0.05, 0) is 42.3 Å². The van der Waals surface area contributed by atoms with Crippen molar-refractivity contribution in [2.45, 2.75) is 25.8 Å². The van der Waals surface area contributed by atoms with Gasteiger partial charge in [0.25, 0.3) is 0 Å². The Morgan fingerprint density at radius 2 is 2.22 bits per heavy atom. The Balaban J connectivity index is 1.89. The van der Waals surface area contributed by atoms with Crippen LogP contribution in [0, 0.1) is 0 Å². The maximum Gasteiger partial charge on any atom is 0.200 e. The molecule has 0 aliphatic carbocycles. The van der Waals surface area contributed by atoms with Crippen LogP contribution in [0.1, 0.15) is 19.8 Å². The maximum absolute atomic E-state index is 5.40. The van der Waals surface area contributed by atoms with Gasteiger partial charge >= 0.3 is 0 Å². The summed E-state index contributed by atoms with van der Waals surface area (Å²) in [6, 6.07) is 4.36. The van der Waals surface area contributed by atoms with Crippen LogP contribution in [-0.4, -0.2) is 51.1 Å². The molecule has 3 rings (SSSR count). The van der Waals surface area contributed by atoms with Crippen molar-refractivity contribution in [3.8, 4) is 0 Å². The van der Waals surface area contributed by atoms with Crippen molar-refractivity contribution in [2.75, 3.05) is 24.7 Å². The summed E-state index contributed by atoms with van der Waals surface area (Å²) in [5, 5.41) is 15.7. The Morgan fingerprint density at radius 3 is 3.00 bits per heavy atom. The third-order valence-corrected chi connectivity index (χ3v) is 3.32. The van der Waals surface area contributed by atoms with Gasteiger partial charge in [0, 0.05) is 25.8 Å². The van der Waals surface area contributed by atoms with Gasteiger partial charge in [0.15, 0.2) is 11.5 Å². The maximum atomic E-state index is 5.40. The molecular formula is C11H16N6O. The van der Waals surface area contributed by atoms with E-state index in [1.807, 2.05) is 12.1 Å². The van der Waals surface area contributed by atoms with E-state index in [9.17, 15) is 0 Å². The number of anilines is 1. The summed E-state index contributed by atoms with van der Waals surface area (Å²) in [6.07, 6.45) is 2.09. The molecule has 0 spiro atoms. The fraction of sp³-hybridized carbons (Fsp3) is 0.636. The Kier molecular flexibility index (Phi) is 3.06. The highest BCUT2D eigenvalue weighted by Crippen LogP contribution is 2.20. The van der Waals surface area contributed by atoms with Gasteiger partial charge in [-0.25, -0.2) is 0 Å². The van der Waals surface area contributed by atoms with Crippen LogP contribution in [-0.2, 0) is 4.74 Å². The van der Waals surface area contributed by atoms with Crippen LogP contribution in [0.15, 0.2) is 12.1 Å². The predicted molar refractivity (Wildman–Crippen MR) is 65.4 cm³/mol. The zero-order chi connectivity index (χ0) is 12.4. The summed E-state index contributed by atoms with van der Waals surface area (Å²) in [4.78, 5) is 2.30. The Hall–Kier alpha value is -1.76. The van der Waals surface area contributed by atoms with E-state index < -0.39 is 0 Å². The number of aromatic nitrogens is 5. The largest absolute Gasteiger partial charge is 0.381 e. The van der Waals surface area contributed by atoms with E-state index in [-0.39, 0.29) is 0 Å². The highest BCUT2D eigenvalue weighted by Gasteiger charge is 2.21. The van der Waals surface area contributed by atoms with E-state index in [1.54, 1.807) is 0 Å². The normalized spacial score (nSPS) is 17.2. The van der Waals surface area contributed by atoms with E-state index >= 15 is 0 Å². The van der Waals surface area contributed by atoms with Gasteiger partial charge in [0.2, 0.25) is 0 Å². The zero-order valence-corrected chi connectivity index (χ0v) is 10.4. The van der Waals surface area contributed by atoms with Crippen molar-refractivity contribution in [2.24, 2.45) is 0 Å². The number of rotatable bonds is 3. The first-order chi connectivity index (χ1) is 8.88. The van der Waals surface area contributed by atoms with Crippen LogP contribution in [0.2, 0.25) is 0 Å². The number of hydrogen-bond donors (Lipinski definition) is 0. The molecule has 0 radical (unpaired) electrons. The molecule has 0 saturated carbocycles. The minimum absolute atomic E-state index is 0.491. The molecule has 2 aromatic rings. The van der Waals surface area contributed by atoms with Crippen LogP contribution in [0.25, 0.3) is 5.65 Å². The third-order valence-electron chi connectivity index (χ3n) is 3.32. The molecule has 0 unspecified atom stereocenters. The quantitative estimate of drug-likeness (QED) is 0.789. The standard InChI is InChI=1S/C11H16N6O/c1-2-16(9-5-7-18-8-6-9)11-4-3-10-12-14-15-17(10)13-11/h3-4,9H,2,5-8H2,1H3. The molecule has 0 N–H and O–H groups in total. The molecule has 1 aliphatic heterocycles. The van der Waals surface area contributed by atoms with Gasteiger partial charge in [0.1, 0.15) is 0 Å². The average molecular weight is 248 g/mol. The van der Waals surface area contributed by atoms with E-state index in [0.29, 0.717) is 11.7 Å². The zero-order valence-electron chi connectivity index (χ0n) is 10.4. The highest BCUT2D eigenvalue weighted by molar-refractivity contribution is 5.45. The van der Waals surface area contributed by atoms with Crippen molar-refractivity contribution in [3.05, 3.63) is 12.1 Å². The smallest absolute Gasteiger partial charge is 0.200 e. The lowest BCUT2D eigenvalue weighted by Gasteiger charge is -2.34. The van der Waals surface area contributed by atoms with Gasteiger partial charge < -0.3 is 9.64 Å². The third kappa shape index (κ3) is 2.01. The highest BCUT2D eigenvalue weighted by atomic mass is 16.5. The lowest BCUT2D eigenvalue weighted by Crippen LogP contribution is -2.40. The Bertz CT molecular complexity index is 521. The van der Waals surface area contributed by atoms with Crippen LogP contribution >= 0.6 is 0 Å². The number of ether oxygens (including phenoxy) is 1. The fourth-order valence-electron chi connectivity index (χ4n) is 2.40. The monoisotopic (exact) mass is 248 g/mol. The summed E-state index contributed by atoms with van der Waals surface area (Å²) in [5.74, 6) is 0.921. The van der Waals surface area contributed by atoms with Crippen molar-refractivity contribution in [3.63, 3.8) is 0 Å². The molecular weight excluding hydrogens is 232 g/mol. The predicted octanol–water partition coefficient (Wildman–Crippen LogP) is 0.525. The first-order valence-corrected chi connectivity index (χ1v) is 6.28. The summed E-state index contributed by atoms with van der Waals surface area (Å²) < 4.78 is 6.87. The summed E-state index contributed by atoms with van der Waals surface area (Å²) in [5.41, 5.74) is 0.668. The first kappa shape index (κ1) is 11.3. The van der Waals surface area contributed by atoms with Crippen molar-refractivity contribution in [1.29, 1.82) is 0 Å². The molecule has 18 heavy (non-hydrogen) atoms. The van der Waals surface area contributed by atoms with E-state index in [4.69, 9.17) is 4.74 Å². The molecule has 1 aliphatic rings.